The van der Waals surface area contributed by atoms with Crippen LogP contribution in [-0.2, 0) is 4.74 Å². The second kappa shape index (κ2) is 16.7. The van der Waals surface area contributed by atoms with E-state index in [-0.39, 0.29) is 0 Å². The predicted octanol–water partition coefficient (Wildman–Crippen LogP) is 9.64. The van der Waals surface area contributed by atoms with Crippen molar-refractivity contribution in [2.75, 3.05) is 13.2 Å². The lowest BCUT2D eigenvalue weighted by Gasteiger charge is -2.13. The number of hydrogen-bond donors (Lipinski definition) is 0. The monoisotopic (exact) mass is 610 g/mol. The minimum absolute atomic E-state index is 0.302. The molecule has 1 unspecified atom stereocenters. The molecule has 0 fully saturated rings. The van der Waals surface area contributed by atoms with Crippen LogP contribution in [0.3, 0.4) is 0 Å². The van der Waals surface area contributed by atoms with E-state index in [1.54, 1.807) is 36.4 Å². The molecule has 0 saturated carbocycles. The zero-order valence-corrected chi connectivity index (χ0v) is 25.2. The quantitative estimate of drug-likeness (QED) is 0.0738. The summed E-state index contributed by atoms with van der Waals surface area (Å²) < 4.78 is 22.6. The zero-order chi connectivity index (χ0) is 28.7. The van der Waals surface area contributed by atoms with Crippen molar-refractivity contribution in [3.05, 3.63) is 76.8 Å². The van der Waals surface area contributed by atoms with E-state index in [2.05, 4.69) is 36.7 Å². The van der Waals surface area contributed by atoms with E-state index in [1.807, 2.05) is 30.3 Å². The van der Waals surface area contributed by atoms with Gasteiger partial charge < -0.3 is 18.9 Å². The van der Waals surface area contributed by atoms with Gasteiger partial charge in [-0.1, -0.05) is 77.5 Å². The lowest BCUT2D eigenvalue weighted by atomic mass is 10.1. The minimum atomic E-state index is -0.746. The van der Waals surface area contributed by atoms with Crippen LogP contribution in [0.5, 0.6) is 17.2 Å². The smallest absolute Gasteiger partial charge is 0.492 e. The highest BCUT2D eigenvalue weighted by atomic mass is 79.9. The van der Waals surface area contributed by atoms with Gasteiger partial charge in [0.2, 0.25) is 0 Å². The lowest BCUT2D eigenvalue weighted by molar-refractivity contribution is 0.0734. The van der Waals surface area contributed by atoms with Gasteiger partial charge in [-0.25, -0.2) is 9.59 Å². The fraction of sp³-hybridized carbons (Fsp3) is 0.394. The standard InChI is InChI=1S/C33H39BrO6/c1-4-6-7-8-9-10-21-37-33(36)40-29-18-13-26(14-19-29)32(35)39-28-16-11-25(12-17-28)27-15-20-31(30(34)22-27)38-23-24(3)5-2/h11-20,22,24H,4-10,21,23H2,1-3H3. The first-order valence-electron chi connectivity index (χ1n) is 14.1. The van der Waals surface area contributed by atoms with Crippen LogP contribution in [0, 0.1) is 5.92 Å². The second-order valence-electron chi connectivity index (χ2n) is 9.88. The first kappa shape index (κ1) is 31.2. The molecule has 1 atom stereocenters. The lowest BCUT2D eigenvalue weighted by Crippen LogP contribution is -2.12. The molecule has 0 aliphatic heterocycles. The van der Waals surface area contributed by atoms with Gasteiger partial charge in [-0.2, -0.15) is 0 Å². The molecular formula is C33H39BrO6. The fourth-order valence-electron chi connectivity index (χ4n) is 3.85. The van der Waals surface area contributed by atoms with Crippen molar-refractivity contribution in [2.24, 2.45) is 5.92 Å². The third kappa shape index (κ3) is 10.3. The summed E-state index contributed by atoms with van der Waals surface area (Å²) in [7, 11) is 0. The second-order valence-corrected chi connectivity index (χ2v) is 10.7. The third-order valence-electron chi connectivity index (χ3n) is 6.56. The molecule has 0 aromatic heterocycles. The Morgan fingerprint density at radius 2 is 1.40 bits per heavy atom. The topological polar surface area (TPSA) is 71.1 Å². The number of esters is 1. The number of rotatable bonds is 15. The van der Waals surface area contributed by atoms with Gasteiger partial charge in [-0.3, -0.25) is 0 Å². The molecular weight excluding hydrogens is 572 g/mol. The number of carbonyl (C=O) groups is 2. The number of carbonyl (C=O) groups excluding carboxylic acids is 2. The molecule has 0 saturated heterocycles. The van der Waals surface area contributed by atoms with Crippen LogP contribution in [0.4, 0.5) is 4.79 Å². The van der Waals surface area contributed by atoms with Gasteiger partial charge >= 0.3 is 12.1 Å². The van der Waals surface area contributed by atoms with E-state index in [4.69, 9.17) is 18.9 Å². The Morgan fingerprint density at radius 3 is 2.08 bits per heavy atom. The van der Waals surface area contributed by atoms with Crippen LogP contribution in [0.1, 0.15) is 76.1 Å². The highest BCUT2D eigenvalue weighted by Crippen LogP contribution is 2.32. The van der Waals surface area contributed by atoms with E-state index < -0.39 is 12.1 Å². The number of unbranched alkanes of at least 4 members (excludes halogenated alkanes) is 5. The molecule has 0 heterocycles. The Kier molecular flexibility index (Phi) is 13.0. The van der Waals surface area contributed by atoms with E-state index in [0.717, 1.165) is 47.0 Å². The highest BCUT2D eigenvalue weighted by molar-refractivity contribution is 9.10. The van der Waals surface area contributed by atoms with Crippen molar-refractivity contribution < 1.29 is 28.5 Å². The van der Waals surface area contributed by atoms with E-state index in [9.17, 15) is 9.59 Å². The van der Waals surface area contributed by atoms with Gasteiger partial charge in [0.15, 0.2) is 0 Å². The van der Waals surface area contributed by atoms with Gasteiger partial charge in [-0.15, -0.1) is 0 Å². The normalized spacial score (nSPS) is 11.5. The SMILES string of the molecule is CCCCCCCCOC(=O)Oc1ccc(C(=O)Oc2ccc(-c3ccc(OCC(C)CC)c(Br)c3)cc2)cc1. The molecule has 0 bridgehead atoms. The van der Waals surface area contributed by atoms with Crippen molar-refractivity contribution >= 4 is 28.1 Å². The Labute approximate surface area is 246 Å². The number of benzene rings is 3. The summed E-state index contributed by atoms with van der Waals surface area (Å²) >= 11 is 3.60. The van der Waals surface area contributed by atoms with Gasteiger partial charge in [0.25, 0.3) is 0 Å². The van der Waals surface area contributed by atoms with E-state index in [0.29, 0.717) is 36.2 Å². The zero-order valence-electron chi connectivity index (χ0n) is 23.6. The molecule has 0 amide bonds. The van der Waals surface area contributed by atoms with Crippen LogP contribution >= 0.6 is 15.9 Å². The van der Waals surface area contributed by atoms with Crippen molar-refractivity contribution in [1.29, 1.82) is 0 Å². The van der Waals surface area contributed by atoms with Crippen LogP contribution in [-0.4, -0.2) is 25.3 Å². The molecule has 0 radical (unpaired) electrons. The fourth-order valence-corrected chi connectivity index (χ4v) is 4.34. The molecule has 0 aliphatic carbocycles. The molecule has 214 valence electrons. The van der Waals surface area contributed by atoms with Crippen LogP contribution in [0.2, 0.25) is 0 Å². The summed E-state index contributed by atoms with van der Waals surface area (Å²) in [6, 6.07) is 19.5. The average Bonchev–Trinajstić information content (AvgIpc) is 2.96. The largest absolute Gasteiger partial charge is 0.513 e. The molecule has 40 heavy (non-hydrogen) atoms. The van der Waals surface area contributed by atoms with Gasteiger partial charge in [0.05, 0.1) is 23.2 Å². The van der Waals surface area contributed by atoms with Crippen molar-refractivity contribution in [3.63, 3.8) is 0 Å². The third-order valence-corrected chi connectivity index (χ3v) is 7.18. The number of ether oxygens (including phenoxy) is 4. The van der Waals surface area contributed by atoms with Crippen LogP contribution < -0.4 is 14.2 Å². The van der Waals surface area contributed by atoms with Gasteiger partial charge in [0.1, 0.15) is 17.2 Å². The van der Waals surface area contributed by atoms with E-state index >= 15 is 0 Å². The summed E-state index contributed by atoms with van der Waals surface area (Å²) in [5.41, 5.74) is 2.34. The molecule has 0 N–H and O–H groups in total. The van der Waals surface area contributed by atoms with E-state index in [1.165, 1.54) is 19.3 Å². The van der Waals surface area contributed by atoms with Crippen LogP contribution in [0.25, 0.3) is 11.1 Å². The van der Waals surface area contributed by atoms with Crippen molar-refractivity contribution in [2.45, 2.75) is 65.7 Å². The highest BCUT2D eigenvalue weighted by Gasteiger charge is 2.12. The molecule has 7 heteroatoms. The van der Waals surface area contributed by atoms with Gasteiger partial charge in [0, 0.05) is 0 Å². The summed E-state index contributed by atoms with van der Waals surface area (Å²) in [4.78, 5) is 24.5. The number of halogens is 1. The molecule has 0 aliphatic rings. The summed E-state index contributed by atoms with van der Waals surface area (Å²) in [6.45, 7) is 7.51. The minimum Gasteiger partial charge on any atom is -0.492 e. The summed E-state index contributed by atoms with van der Waals surface area (Å²) in [5, 5.41) is 0. The molecule has 0 spiro atoms. The molecule has 6 nitrogen and oxygen atoms in total. The molecule has 3 aromatic rings. The molecule has 3 rings (SSSR count). The maximum Gasteiger partial charge on any atom is 0.513 e. The Balaban J connectivity index is 1.46. The predicted molar refractivity (Wildman–Crippen MR) is 161 cm³/mol. The Bertz CT molecular complexity index is 1210. The van der Waals surface area contributed by atoms with Crippen LogP contribution in [0.15, 0.2) is 71.2 Å². The molecule has 3 aromatic carbocycles. The summed E-state index contributed by atoms with van der Waals surface area (Å²) in [6.07, 6.45) is 6.98. The average molecular weight is 612 g/mol. The summed E-state index contributed by atoms with van der Waals surface area (Å²) in [5.74, 6) is 1.54. The Hall–Kier alpha value is -3.32. The van der Waals surface area contributed by atoms with Gasteiger partial charge in [-0.05, 0) is 87.9 Å². The number of hydrogen-bond acceptors (Lipinski definition) is 6. The first-order valence-corrected chi connectivity index (χ1v) is 14.9. The van der Waals surface area contributed by atoms with Crippen molar-refractivity contribution in [1.82, 2.24) is 0 Å². The maximum absolute atomic E-state index is 12.6. The Morgan fingerprint density at radius 1 is 0.775 bits per heavy atom. The maximum atomic E-state index is 12.6. The first-order chi connectivity index (χ1) is 19.4. The van der Waals surface area contributed by atoms with Crippen molar-refractivity contribution in [3.8, 4) is 28.4 Å².